The maximum Gasteiger partial charge on any atom is 0.319 e. The number of carbonyl (C=O) groups excluding carboxylic acids is 1. The Hall–Kier alpha value is -0.810. The summed E-state index contributed by atoms with van der Waals surface area (Å²) < 4.78 is 13.4. The third kappa shape index (κ3) is 4.05. The summed E-state index contributed by atoms with van der Waals surface area (Å²) in [6.45, 7) is 0.367. The van der Waals surface area contributed by atoms with Crippen molar-refractivity contribution >= 4 is 39.2 Å². The summed E-state index contributed by atoms with van der Waals surface area (Å²) >= 11 is 8.40. The second kappa shape index (κ2) is 5.92. The Kier molecular flexibility index (Phi) is 4.84. The van der Waals surface area contributed by atoms with E-state index in [0.29, 0.717) is 22.6 Å². The zero-order valence-electron chi connectivity index (χ0n) is 7.69. The Balaban J connectivity index is 2.57. The van der Waals surface area contributed by atoms with E-state index in [1.807, 2.05) is 0 Å². The van der Waals surface area contributed by atoms with Gasteiger partial charge in [0, 0.05) is 18.1 Å². The fraction of sp³-hybridized carbons (Fsp3) is 0.222. The molecule has 0 fully saturated rings. The molecule has 0 aromatic heterocycles. The fourth-order valence-electron chi connectivity index (χ4n) is 0.910. The van der Waals surface area contributed by atoms with Crippen molar-refractivity contribution in [2.75, 3.05) is 17.7 Å². The molecule has 2 amide bonds. The summed E-state index contributed by atoms with van der Waals surface area (Å²) in [5.41, 5.74) is 0.391. The Labute approximate surface area is 100 Å². The van der Waals surface area contributed by atoms with Crippen LogP contribution in [-0.2, 0) is 0 Å². The third-order valence-corrected chi connectivity index (χ3v) is 2.39. The molecule has 1 rings (SSSR count). The van der Waals surface area contributed by atoms with Crippen LogP contribution >= 0.6 is 27.5 Å². The zero-order valence-corrected chi connectivity index (χ0v) is 10.0. The molecule has 0 radical (unpaired) electrons. The zero-order chi connectivity index (χ0) is 11.3. The molecular formula is C9H9BrClFN2O. The first-order chi connectivity index (χ1) is 7.13. The fourth-order valence-corrected chi connectivity index (χ4v) is 1.25. The van der Waals surface area contributed by atoms with E-state index in [1.165, 1.54) is 12.1 Å². The molecule has 1 aromatic carbocycles. The smallest absolute Gasteiger partial charge is 0.319 e. The normalized spacial score (nSPS) is 9.80. The van der Waals surface area contributed by atoms with E-state index in [9.17, 15) is 9.18 Å². The van der Waals surface area contributed by atoms with Gasteiger partial charge in [-0.1, -0.05) is 0 Å². The van der Waals surface area contributed by atoms with Crippen molar-refractivity contribution in [3.05, 3.63) is 28.5 Å². The van der Waals surface area contributed by atoms with Crippen LogP contribution in [0.15, 0.2) is 22.7 Å². The molecule has 3 nitrogen and oxygen atoms in total. The first-order valence-electron chi connectivity index (χ1n) is 4.19. The molecule has 0 unspecified atom stereocenters. The molecule has 2 N–H and O–H groups in total. The molecule has 1 aromatic rings. The standard InChI is InChI=1S/C9H9BrClFN2O/c10-7-2-1-6(5-8(7)12)14-9(15)13-4-3-11/h1-2,5H,3-4H2,(H2,13,14,15). The number of amides is 2. The highest BCUT2D eigenvalue weighted by molar-refractivity contribution is 9.10. The minimum atomic E-state index is -0.426. The van der Waals surface area contributed by atoms with Crippen molar-refractivity contribution < 1.29 is 9.18 Å². The van der Waals surface area contributed by atoms with Gasteiger partial charge in [-0.15, -0.1) is 11.6 Å². The third-order valence-electron chi connectivity index (χ3n) is 1.56. The van der Waals surface area contributed by atoms with Crippen LogP contribution in [0.3, 0.4) is 0 Å². The first-order valence-corrected chi connectivity index (χ1v) is 5.52. The predicted molar refractivity (Wildman–Crippen MR) is 61.8 cm³/mol. The van der Waals surface area contributed by atoms with Crippen LogP contribution in [-0.4, -0.2) is 18.5 Å². The molecule has 6 heteroatoms. The summed E-state index contributed by atoms with van der Waals surface area (Å²) in [6.07, 6.45) is 0. The predicted octanol–water partition coefficient (Wildman–Crippen LogP) is 2.95. The number of anilines is 1. The van der Waals surface area contributed by atoms with Crippen LogP contribution in [0.25, 0.3) is 0 Å². The van der Waals surface area contributed by atoms with E-state index in [0.717, 1.165) is 0 Å². The van der Waals surface area contributed by atoms with Crippen molar-refractivity contribution in [2.24, 2.45) is 0 Å². The molecule has 15 heavy (non-hydrogen) atoms. The lowest BCUT2D eigenvalue weighted by Crippen LogP contribution is -2.30. The number of benzene rings is 1. The van der Waals surface area contributed by atoms with Gasteiger partial charge in [0.15, 0.2) is 0 Å². The van der Waals surface area contributed by atoms with Gasteiger partial charge in [-0.3, -0.25) is 0 Å². The summed E-state index contributed by atoms with van der Waals surface area (Å²) in [7, 11) is 0. The lowest BCUT2D eigenvalue weighted by Gasteiger charge is -2.06. The average Bonchev–Trinajstić information content (AvgIpc) is 2.20. The van der Waals surface area contributed by atoms with Gasteiger partial charge in [-0.25, -0.2) is 9.18 Å². The van der Waals surface area contributed by atoms with Gasteiger partial charge in [-0.05, 0) is 34.1 Å². The van der Waals surface area contributed by atoms with Crippen LogP contribution < -0.4 is 10.6 Å². The number of urea groups is 1. The van der Waals surface area contributed by atoms with Gasteiger partial charge in [0.25, 0.3) is 0 Å². The van der Waals surface area contributed by atoms with Gasteiger partial charge in [0.1, 0.15) is 5.82 Å². The molecule has 0 heterocycles. The Morgan fingerprint density at radius 1 is 1.53 bits per heavy atom. The number of hydrogen-bond donors (Lipinski definition) is 2. The van der Waals surface area contributed by atoms with E-state index in [4.69, 9.17) is 11.6 Å². The summed E-state index contributed by atoms with van der Waals surface area (Å²) in [4.78, 5) is 11.2. The van der Waals surface area contributed by atoms with Crippen LogP contribution in [0.1, 0.15) is 0 Å². The van der Waals surface area contributed by atoms with E-state index >= 15 is 0 Å². The van der Waals surface area contributed by atoms with E-state index in [1.54, 1.807) is 6.07 Å². The molecule has 0 aliphatic heterocycles. The first kappa shape index (κ1) is 12.3. The molecule has 0 atom stereocenters. The van der Waals surface area contributed by atoms with Crippen molar-refractivity contribution in [3.63, 3.8) is 0 Å². The minimum Gasteiger partial charge on any atom is -0.337 e. The maximum atomic E-state index is 13.0. The highest BCUT2D eigenvalue weighted by atomic mass is 79.9. The van der Waals surface area contributed by atoms with Gasteiger partial charge >= 0.3 is 6.03 Å². The highest BCUT2D eigenvalue weighted by Crippen LogP contribution is 2.19. The van der Waals surface area contributed by atoms with Crippen LogP contribution in [0.2, 0.25) is 0 Å². The maximum absolute atomic E-state index is 13.0. The van der Waals surface area contributed by atoms with Gasteiger partial charge in [0.05, 0.1) is 4.47 Å². The molecular weight excluding hydrogens is 286 g/mol. The Morgan fingerprint density at radius 3 is 2.87 bits per heavy atom. The van der Waals surface area contributed by atoms with E-state index in [2.05, 4.69) is 26.6 Å². The number of rotatable bonds is 3. The summed E-state index contributed by atoms with van der Waals surface area (Å²) in [6, 6.07) is 3.93. The summed E-state index contributed by atoms with van der Waals surface area (Å²) in [5.74, 6) is -0.0904. The van der Waals surface area contributed by atoms with Crippen LogP contribution in [0.4, 0.5) is 14.9 Å². The molecule has 0 aliphatic rings. The second-order valence-electron chi connectivity index (χ2n) is 2.70. The van der Waals surface area contributed by atoms with Crippen molar-refractivity contribution in [1.82, 2.24) is 5.32 Å². The number of alkyl halides is 1. The molecule has 0 saturated heterocycles. The van der Waals surface area contributed by atoms with E-state index in [-0.39, 0.29) is 0 Å². The number of nitrogens with one attached hydrogen (secondary N) is 2. The van der Waals surface area contributed by atoms with Crippen molar-refractivity contribution in [2.45, 2.75) is 0 Å². The molecule has 0 aliphatic carbocycles. The minimum absolute atomic E-state index is 0.335. The second-order valence-corrected chi connectivity index (χ2v) is 3.93. The number of hydrogen-bond acceptors (Lipinski definition) is 1. The van der Waals surface area contributed by atoms with Crippen LogP contribution in [0, 0.1) is 5.82 Å². The molecule has 0 saturated carbocycles. The highest BCUT2D eigenvalue weighted by Gasteiger charge is 2.03. The SMILES string of the molecule is O=C(NCCCl)Nc1ccc(Br)c(F)c1. The van der Waals surface area contributed by atoms with Crippen molar-refractivity contribution in [3.8, 4) is 0 Å². The average molecular weight is 296 g/mol. The summed E-state index contributed by atoms with van der Waals surface area (Å²) in [5, 5.41) is 4.97. The Bertz CT molecular complexity index is 362. The van der Waals surface area contributed by atoms with Gasteiger partial charge < -0.3 is 10.6 Å². The Morgan fingerprint density at radius 2 is 2.27 bits per heavy atom. The largest absolute Gasteiger partial charge is 0.337 e. The van der Waals surface area contributed by atoms with Gasteiger partial charge in [-0.2, -0.15) is 0 Å². The molecule has 0 spiro atoms. The number of carbonyl (C=O) groups is 1. The lowest BCUT2D eigenvalue weighted by atomic mass is 10.3. The number of halogens is 3. The quantitative estimate of drug-likeness (QED) is 0.827. The molecule has 82 valence electrons. The monoisotopic (exact) mass is 294 g/mol. The molecule has 0 bridgehead atoms. The lowest BCUT2D eigenvalue weighted by molar-refractivity contribution is 0.252. The van der Waals surface area contributed by atoms with Crippen LogP contribution in [0.5, 0.6) is 0 Å². The van der Waals surface area contributed by atoms with Crippen molar-refractivity contribution in [1.29, 1.82) is 0 Å². The van der Waals surface area contributed by atoms with Gasteiger partial charge in [0.2, 0.25) is 0 Å². The van der Waals surface area contributed by atoms with E-state index < -0.39 is 11.8 Å². The topological polar surface area (TPSA) is 41.1 Å².